The molecule has 1 unspecified atom stereocenters. The highest BCUT2D eigenvalue weighted by molar-refractivity contribution is 5.94. The fourth-order valence-electron chi connectivity index (χ4n) is 3.66. The van der Waals surface area contributed by atoms with Crippen molar-refractivity contribution in [2.24, 2.45) is 5.92 Å². The second-order valence-corrected chi connectivity index (χ2v) is 9.29. The molecule has 2 aromatic carbocycles. The van der Waals surface area contributed by atoms with E-state index in [1.54, 1.807) is 37.8 Å². The van der Waals surface area contributed by atoms with Crippen molar-refractivity contribution < 1.29 is 27.9 Å². The number of nitrogens with one attached hydrogen (secondary N) is 2. The van der Waals surface area contributed by atoms with Crippen LogP contribution in [0.5, 0.6) is 0 Å². The first kappa shape index (κ1) is 25.1. The average Bonchev–Trinajstić information content (AvgIpc) is 2.76. The zero-order valence-corrected chi connectivity index (χ0v) is 19.5. The van der Waals surface area contributed by atoms with Crippen LogP contribution in [0, 0.1) is 17.6 Å². The highest BCUT2D eigenvalue weighted by Gasteiger charge is 2.28. The smallest absolute Gasteiger partial charge is 0.412 e. The molecule has 1 saturated heterocycles. The Morgan fingerprint density at radius 2 is 1.76 bits per heavy atom. The van der Waals surface area contributed by atoms with E-state index in [-0.39, 0.29) is 36.3 Å². The van der Waals surface area contributed by atoms with Gasteiger partial charge in [-0.15, -0.1) is 0 Å². The maximum Gasteiger partial charge on any atom is 0.412 e. The normalized spacial score (nSPS) is 16.0. The molecule has 1 aliphatic heterocycles. The van der Waals surface area contributed by atoms with E-state index in [2.05, 4.69) is 10.6 Å². The first-order valence-corrected chi connectivity index (χ1v) is 11.1. The molecule has 9 heteroatoms. The maximum atomic E-state index is 14.1. The zero-order valence-electron chi connectivity index (χ0n) is 19.5. The Kier molecular flexibility index (Phi) is 7.86. The van der Waals surface area contributed by atoms with Gasteiger partial charge in [0.2, 0.25) is 11.8 Å². The number of hydrogen-bond acceptors (Lipinski definition) is 4. The van der Waals surface area contributed by atoms with E-state index in [4.69, 9.17) is 4.74 Å². The summed E-state index contributed by atoms with van der Waals surface area (Å²) in [6.45, 7) is 5.88. The van der Waals surface area contributed by atoms with Crippen LogP contribution in [0.25, 0.3) is 0 Å². The predicted octanol–water partition coefficient (Wildman–Crippen LogP) is 4.73. The van der Waals surface area contributed by atoms with Gasteiger partial charge in [-0.05, 0) is 69.5 Å². The lowest BCUT2D eigenvalue weighted by molar-refractivity contribution is -0.133. The van der Waals surface area contributed by atoms with Crippen LogP contribution in [0.1, 0.15) is 39.2 Å². The summed E-state index contributed by atoms with van der Waals surface area (Å²) < 4.78 is 32.4. The molecule has 3 rings (SSSR count). The van der Waals surface area contributed by atoms with Crippen LogP contribution in [0.15, 0.2) is 42.5 Å². The lowest BCUT2D eigenvalue weighted by Crippen LogP contribution is -2.44. The summed E-state index contributed by atoms with van der Waals surface area (Å²) in [6.07, 6.45) is 0.600. The third-order valence-corrected chi connectivity index (χ3v) is 5.28. The summed E-state index contributed by atoms with van der Waals surface area (Å²) in [6, 6.07) is 9.61. The van der Waals surface area contributed by atoms with Crippen molar-refractivity contribution >= 4 is 29.3 Å². The van der Waals surface area contributed by atoms with Gasteiger partial charge in [-0.3, -0.25) is 14.9 Å². The van der Waals surface area contributed by atoms with Crippen molar-refractivity contribution in [1.29, 1.82) is 0 Å². The molecule has 0 bridgehead atoms. The minimum absolute atomic E-state index is 0.119. The number of rotatable bonds is 5. The molecule has 34 heavy (non-hydrogen) atoms. The van der Waals surface area contributed by atoms with Gasteiger partial charge < -0.3 is 15.0 Å². The number of hydrogen-bond donors (Lipinski definition) is 2. The standard InChI is InChI=1S/C25H29F2N3O4/c1-25(2,3)34-24(33)29-21-14-19(10-11-20(21)27)28-23(32)17-5-4-12-30(15-17)22(31)13-16-6-8-18(26)9-7-16/h6-11,14,17H,4-5,12-13,15H2,1-3H3,(H,28,32)(H,29,33). The van der Waals surface area contributed by atoms with Gasteiger partial charge in [0, 0.05) is 18.8 Å². The highest BCUT2D eigenvalue weighted by Crippen LogP contribution is 2.24. The van der Waals surface area contributed by atoms with E-state index < -0.39 is 23.4 Å². The van der Waals surface area contributed by atoms with Crippen LogP contribution < -0.4 is 10.6 Å². The number of likely N-dealkylation sites (tertiary alicyclic amines) is 1. The molecule has 1 heterocycles. The molecule has 1 fully saturated rings. The van der Waals surface area contributed by atoms with Crippen LogP contribution in [0.4, 0.5) is 25.0 Å². The molecule has 1 aliphatic rings. The fourth-order valence-corrected chi connectivity index (χ4v) is 3.66. The van der Waals surface area contributed by atoms with Crippen molar-refractivity contribution in [3.63, 3.8) is 0 Å². The van der Waals surface area contributed by atoms with E-state index in [9.17, 15) is 23.2 Å². The molecule has 0 saturated carbocycles. The number of ether oxygens (including phenoxy) is 1. The first-order chi connectivity index (χ1) is 16.0. The number of anilines is 2. The minimum atomic E-state index is -0.808. The number of halogens is 2. The molecule has 7 nitrogen and oxygen atoms in total. The number of piperidine rings is 1. The van der Waals surface area contributed by atoms with Gasteiger partial charge in [0.25, 0.3) is 0 Å². The molecule has 0 aromatic heterocycles. The molecule has 0 radical (unpaired) electrons. The van der Waals surface area contributed by atoms with E-state index in [1.165, 1.54) is 24.3 Å². The van der Waals surface area contributed by atoms with Gasteiger partial charge in [0.1, 0.15) is 17.2 Å². The second kappa shape index (κ2) is 10.6. The van der Waals surface area contributed by atoms with Crippen molar-refractivity contribution in [1.82, 2.24) is 4.90 Å². The van der Waals surface area contributed by atoms with E-state index in [0.29, 0.717) is 30.6 Å². The molecular weight excluding hydrogens is 444 g/mol. The number of carbonyl (C=O) groups is 3. The third kappa shape index (κ3) is 7.26. The minimum Gasteiger partial charge on any atom is -0.444 e. The van der Waals surface area contributed by atoms with Crippen molar-refractivity contribution in [2.75, 3.05) is 23.7 Å². The summed E-state index contributed by atoms with van der Waals surface area (Å²) in [5, 5.41) is 5.08. The Morgan fingerprint density at radius 1 is 1.06 bits per heavy atom. The summed E-state index contributed by atoms with van der Waals surface area (Å²) in [5.41, 5.74) is 0.154. The van der Waals surface area contributed by atoms with Gasteiger partial charge in [-0.25, -0.2) is 13.6 Å². The SMILES string of the molecule is CC(C)(C)OC(=O)Nc1cc(NC(=O)C2CCCN(C(=O)Cc3ccc(F)cc3)C2)ccc1F. The topological polar surface area (TPSA) is 87.7 Å². The van der Waals surface area contributed by atoms with E-state index >= 15 is 0 Å². The summed E-state index contributed by atoms with van der Waals surface area (Å²) >= 11 is 0. The van der Waals surface area contributed by atoms with Crippen LogP contribution in [-0.2, 0) is 20.7 Å². The lowest BCUT2D eigenvalue weighted by Gasteiger charge is -2.32. The van der Waals surface area contributed by atoms with E-state index in [0.717, 1.165) is 6.07 Å². The number of carbonyl (C=O) groups excluding carboxylic acids is 3. The van der Waals surface area contributed by atoms with Gasteiger partial charge in [-0.2, -0.15) is 0 Å². The van der Waals surface area contributed by atoms with Gasteiger partial charge >= 0.3 is 6.09 Å². The van der Waals surface area contributed by atoms with Crippen molar-refractivity contribution in [2.45, 2.75) is 45.6 Å². The number of benzene rings is 2. The quantitative estimate of drug-likeness (QED) is 0.657. The Morgan fingerprint density at radius 3 is 2.44 bits per heavy atom. The Hall–Kier alpha value is -3.49. The predicted molar refractivity (Wildman–Crippen MR) is 124 cm³/mol. The Bertz CT molecular complexity index is 1050. The van der Waals surface area contributed by atoms with Crippen LogP contribution in [-0.4, -0.2) is 41.5 Å². The molecule has 0 spiro atoms. The molecule has 182 valence electrons. The second-order valence-electron chi connectivity index (χ2n) is 9.29. The largest absolute Gasteiger partial charge is 0.444 e. The first-order valence-electron chi connectivity index (χ1n) is 11.1. The maximum absolute atomic E-state index is 14.1. The molecule has 0 aliphatic carbocycles. The third-order valence-electron chi connectivity index (χ3n) is 5.28. The average molecular weight is 474 g/mol. The van der Waals surface area contributed by atoms with Crippen molar-refractivity contribution in [3.8, 4) is 0 Å². The summed E-state index contributed by atoms with van der Waals surface area (Å²) in [5.74, 6) is -1.89. The highest BCUT2D eigenvalue weighted by atomic mass is 19.1. The van der Waals surface area contributed by atoms with Crippen molar-refractivity contribution in [3.05, 3.63) is 59.7 Å². The summed E-state index contributed by atoms with van der Waals surface area (Å²) in [4.78, 5) is 39.1. The van der Waals surface area contributed by atoms with Gasteiger partial charge in [0.15, 0.2) is 0 Å². The molecule has 2 aromatic rings. The fraction of sp³-hybridized carbons (Fsp3) is 0.400. The molecule has 1 atom stereocenters. The number of nitrogens with zero attached hydrogens (tertiary/aromatic N) is 1. The van der Waals surface area contributed by atoms with Crippen LogP contribution in [0.2, 0.25) is 0 Å². The van der Waals surface area contributed by atoms with Gasteiger partial charge in [0.05, 0.1) is 18.0 Å². The van der Waals surface area contributed by atoms with Gasteiger partial charge in [-0.1, -0.05) is 12.1 Å². The molecule has 2 N–H and O–H groups in total. The Balaban J connectivity index is 1.59. The number of amides is 3. The summed E-state index contributed by atoms with van der Waals surface area (Å²) in [7, 11) is 0. The monoisotopic (exact) mass is 473 g/mol. The Labute approximate surface area is 197 Å². The van der Waals surface area contributed by atoms with E-state index in [1.807, 2.05) is 0 Å². The molecular formula is C25H29F2N3O4. The van der Waals surface area contributed by atoms with Crippen LogP contribution >= 0.6 is 0 Å². The lowest BCUT2D eigenvalue weighted by atomic mass is 9.96. The zero-order chi connectivity index (χ0) is 24.9. The molecule has 3 amide bonds. The van der Waals surface area contributed by atoms with Crippen LogP contribution in [0.3, 0.4) is 0 Å².